The van der Waals surface area contributed by atoms with E-state index in [1.807, 2.05) is 13.1 Å². The van der Waals surface area contributed by atoms with Gasteiger partial charge in [-0.2, -0.15) is 5.26 Å². The first-order chi connectivity index (χ1) is 9.06. The van der Waals surface area contributed by atoms with E-state index >= 15 is 0 Å². The van der Waals surface area contributed by atoms with Gasteiger partial charge in [-0.25, -0.2) is 0 Å². The lowest BCUT2D eigenvalue weighted by molar-refractivity contribution is 1.33. The first-order valence-corrected chi connectivity index (χ1v) is 5.87. The smallest absolute Gasteiger partial charge is 0.0663 e. The summed E-state index contributed by atoms with van der Waals surface area (Å²) < 4.78 is 0. The zero-order valence-electron chi connectivity index (χ0n) is 12.0. The molecule has 2 nitrogen and oxygen atoms in total. The quantitative estimate of drug-likeness (QED) is 0.633. The molecule has 0 spiro atoms. The predicted molar refractivity (Wildman–Crippen MR) is 84.9 cm³/mol. The number of benzene rings is 1. The molecular formula is C17H22N2. The number of nitrogens with one attached hydrogen (secondary N) is 1. The molecule has 0 aliphatic carbocycles. The summed E-state index contributed by atoms with van der Waals surface area (Å²) in [6, 6.07) is 8.26. The van der Waals surface area contributed by atoms with Gasteiger partial charge in [-0.3, -0.25) is 0 Å². The van der Waals surface area contributed by atoms with Crippen molar-refractivity contribution in [2.24, 2.45) is 0 Å². The Bertz CT molecular complexity index is 459. The molecule has 1 aromatic carbocycles. The van der Waals surface area contributed by atoms with Crippen LogP contribution in [-0.2, 0) is 0 Å². The van der Waals surface area contributed by atoms with E-state index in [-0.39, 0.29) is 0 Å². The third-order valence-electron chi connectivity index (χ3n) is 2.15. The summed E-state index contributed by atoms with van der Waals surface area (Å²) in [5, 5.41) is 10.8. The predicted octanol–water partition coefficient (Wildman–Crippen LogP) is 4.24. The van der Waals surface area contributed by atoms with Crippen molar-refractivity contribution in [1.82, 2.24) is 0 Å². The van der Waals surface area contributed by atoms with Crippen molar-refractivity contribution in [3.05, 3.63) is 54.6 Å². The van der Waals surface area contributed by atoms with Gasteiger partial charge in [0.05, 0.1) is 12.5 Å². The topological polar surface area (TPSA) is 35.8 Å². The Morgan fingerprint density at radius 3 is 2.16 bits per heavy atom. The first-order valence-electron chi connectivity index (χ1n) is 5.87. The Kier molecular flexibility index (Phi) is 13.5. The van der Waals surface area contributed by atoms with Gasteiger partial charge in [-0.05, 0) is 43.2 Å². The minimum atomic E-state index is 0.458. The number of hydrogen-bond acceptors (Lipinski definition) is 2. The molecule has 1 aromatic rings. The van der Waals surface area contributed by atoms with Crippen molar-refractivity contribution in [3.63, 3.8) is 0 Å². The van der Waals surface area contributed by atoms with Crippen molar-refractivity contribution in [2.45, 2.75) is 20.3 Å². The first kappa shape index (κ1) is 18.9. The normalized spacial score (nSPS) is 7.21. The molecule has 0 amide bonds. The maximum absolute atomic E-state index is 7.74. The van der Waals surface area contributed by atoms with Gasteiger partial charge in [-0.15, -0.1) is 13.0 Å². The summed E-state index contributed by atoms with van der Waals surface area (Å²) in [4.78, 5) is 0. The fourth-order valence-electron chi connectivity index (χ4n) is 0.961. The van der Waals surface area contributed by atoms with E-state index in [1.54, 1.807) is 6.08 Å². The highest BCUT2D eigenvalue weighted by atomic mass is 14.8. The monoisotopic (exact) mass is 254 g/mol. The molecule has 0 saturated heterocycles. The summed E-state index contributed by atoms with van der Waals surface area (Å²) >= 11 is 0. The van der Waals surface area contributed by atoms with Crippen LogP contribution >= 0.6 is 0 Å². The number of anilines is 1. The highest BCUT2D eigenvalue weighted by Crippen LogP contribution is 2.12. The van der Waals surface area contributed by atoms with Crippen molar-refractivity contribution >= 4 is 5.69 Å². The van der Waals surface area contributed by atoms with E-state index in [1.165, 1.54) is 22.9 Å². The molecular weight excluding hydrogens is 232 g/mol. The van der Waals surface area contributed by atoms with Crippen molar-refractivity contribution < 1.29 is 0 Å². The molecule has 100 valence electrons. The molecule has 0 unspecified atom stereocenters. The molecule has 0 bridgehead atoms. The maximum Gasteiger partial charge on any atom is 0.0663 e. The highest BCUT2D eigenvalue weighted by Gasteiger charge is 1.91. The summed E-state index contributed by atoms with van der Waals surface area (Å²) in [6.45, 7) is 10.8. The summed E-state index contributed by atoms with van der Waals surface area (Å²) in [6.07, 6.45) is 8.09. The van der Waals surface area contributed by atoms with Crippen LogP contribution in [0.5, 0.6) is 0 Å². The van der Waals surface area contributed by atoms with Crippen LogP contribution in [0.4, 0.5) is 5.69 Å². The molecule has 0 aliphatic heterocycles. The van der Waals surface area contributed by atoms with Crippen LogP contribution in [0.1, 0.15) is 17.5 Å². The van der Waals surface area contributed by atoms with Crippen LogP contribution in [-0.4, -0.2) is 7.05 Å². The number of nitriles is 1. The average Bonchev–Trinajstić information content (AvgIpc) is 2.44. The molecule has 0 saturated carbocycles. The Hall–Kier alpha value is -2.45. The van der Waals surface area contributed by atoms with E-state index in [9.17, 15) is 0 Å². The second-order valence-electron chi connectivity index (χ2n) is 3.57. The van der Waals surface area contributed by atoms with E-state index in [4.69, 9.17) is 5.26 Å². The zero-order chi connectivity index (χ0) is 15.1. The lowest BCUT2D eigenvalue weighted by atomic mass is 10.1. The van der Waals surface area contributed by atoms with Gasteiger partial charge >= 0.3 is 0 Å². The van der Waals surface area contributed by atoms with Crippen LogP contribution in [0.2, 0.25) is 0 Å². The largest absolute Gasteiger partial charge is 0.388 e. The minimum Gasteiger partial charge on any atom is -0.388 e. The molecule has 0 heterocycles. The molecule has 0 radical (unpaired) electrons. The van der Waals surface area contributed by atoms with Crippen molar-refractivity contribution in [2.75, 3.05) is 12.4 Å². The Morgan fingerprint density at radius 1 is 1.32 bits per heavy atom. The number of aryl methyl sites for hydroxylation is 2. The molecule has 0 aliphatic rings. The summed E-state index contributed by atoms with van der Waals surface area (Å²) in [7, 11) is 1.93. The second-order valence-corrected chi connectivity index (χ2v) is 3.57. The number of rotatable bonds is 2. The molecule has 1 rings (SSSR count). The molecule has 0 atom stereocenters. The van der Waals surface area contributed by atoms with Crippen molar-refractivity contribution in [1.29, 1.82) is 5.26 Å². The van der Waals surface area contributed by atoms with Crippen LogP contribution in [0.3, 0.4) is 0 Å². The van der Waals surface area contributed by atoms with Gasteiger partial charge in [0.25, 0.3) is 0 Å². The Labute approximate surface area is 117 Å². The summed E-state index contributed by atoms with van der Waals surface area (Å²) in [5.74, 6) is 2.19. The average molecular weight is 254 g/mol. The highest BCUT2D eigenvalue weighted by molar-refractivity contribution is 5.47. The van der Waals surface area contributed by atoms with E-state index in [0.717, 1.165) is 0 Å². The second kappa shape index (κ2) is 13.6. The van der Waals surface area contributed by atoms with Crippen molar-refractivity contribution in [3.8, 4) is 18.4 Å². The van der Waals surface area contributed by atoms with Gasteiger partial charge in [0.15, 0.2) is 0 Å². The SMILES string of the molecule is C#CC=C.C=CCC#N.CNc1ccc(C)c(C)c1. The number of nitrogens with zero attached hydrogens (tertiary/aromatic N) is 1. The van der Waals surface area contributed by atoms with E-state index < -0.39 is 0 Å². The van der Waals surface area contributed by atoms with Gasteiger partial charge in [-0.1, -0.05) is 24.6 Å². The molecule has 0 fully saturated rings. The molecule has 0 aromatic heterocycles. The number of allylic oxidation sites excluding steroid dienone is 2. The fraction of sp³-hybridized carbons (Fsp3) is 0.235. The minimum absolute atomic E-state index is 0.458. The van der Waals surface area contributed by atoms with Gasteiger partial charge < -0.3 is 5.32 Å². The molecule has 1 N–H and O–H groups in total. The van der Waals surface area contributed by atoms with Gasteiger partial charge in [0.1, 0.15) is 0 Å². The van der Waals surface area contributed by atoms with Gasteiger partial charge in [0, 0.05) is 12.7 Å². The van der Waals surface area contributed by atoms with Gasteiger partial charge in [0.2, 0.25) is 0 Å². The van der Waals surface area contributed by atoms with E-state index in [0.29, 0.717) is 6.42 Å². The fourth-order valence-corrected chi connectivity index (χ4v) is 0.961. The standard InChI is InChI=1S/C9H13N.C4H5N.C4H4/c1-7-4-5-9(10-3)6-8(7)2;1-2-3-4-5;1-3-4-2/h4-6,10H,1-3H3;2H,1,3H2;1,4H,2H2. The maximum atomic E-state index is 7.74. The lowest BCUT2D eigenvalue weighted by Gasteiger charge is -2.02. The summed E-state index contributed by atoms with van der Waals surface area (Å²) in [5.41, 5.74) is 3.87. The number of terminal acetylenes is 1. The Morgan fingerprint density at radius 2 is 1.89 bits per heavy atom. The van der Waals surface area contributed by atoms with E-state index in [2.05, 4.69) is 62.9 Å². The third kappa shape index (κ3) is 11.8. The van der Waals surface area contributed by atoms with Crippen LogP contribution in [0, 0.1) is 37.5 Å². The molecule has 19 heavy (non-hydrogen) atoms. The van der Waals surface area contributed by atoms with Crippen LogP contribution in [0.25, 0.3) is 0 Å². The number of hydrogen-bond donors (Lipinski definition) is 1. The lowest BCUT2D eigenvalue weighted by Crippen LogP contribution is -1.89. The van der Waals surface area contributed by atoms with Crippen LogP contribution in [0.15, 0.2) is 43.5 Å². The molecule has 2 heteroatoms. The zero-order valence-corrected chi connectivity index (χ0v) is 12.0. The van der Waals surface area contributed by atoms with Crippen LogP contribution < -0.4 is 5.32 Å². The Balaban J connectivity index is 0. The third-order valence-corrected chi connectivity index (χ3v) is 2.15.